The number of Topliss-reactive ketones (excluding diaryl/α,β-unsaturated/α-hetero) is 1. The lowest BCUT2D eigenvalue weighted by Crippen LogP contribution is -2.13. The second kappa shape index (κ2) is 6.19. The maximum absolute atomic E-state index is 13.9. The lowest BCUT2D eigenvalue weighted by Gasteiger charge is -2.10. The molecule has 1 unspecified atom stereocenters. The van der Waals surface area contributed by atoms with Gasteiger partial charge in [-0.3, -0.25) is 4.79 Å². The zero-order chi connectivity index (χ0) is 15.4. The Labute approximate surface area is 122 Å². The van der Waals surface area contributed by atoms with E-state index in [9.17, 15) is 14.4 Å². The van der Waals surface area contributed by atoms with Gasteiger partial charge in [-0.2, -0.15) is 5.26 Å². The summed E-state index contributed by atoms with van der Waals surface area (Å²) < 4.78 is 18.9. The number of benzene rings is 2. The Morgan fingerprint density at radius 2 is 1.90 bits per heavy atom. The van der Waals surface area contributed by atoms with Gasteiger partial charge in [-0.15, -0.1) is 0 Å². The third kappa shape index (κ3) is 3.09. The van der Waals surface area contributed by atoms with Gasteiger partial charge < -0.3 is 4.74 Å². The Bertz CT molecular complexity index is 702. The van der Waals surface area contributed by atoms with Crippen LogP contribution in [0.15, 0.2) is 42.5 Å². The molecule has 3 nitrogen and oxygen atoms in total. The second-order valence-corrected chi connectivity index (χ2v) is 4.68. The van der Waals surface area contributed by atoms with Crippen LogP contribution >= 0.6 is 0 Å². The highest BCUT2D eigenvalue weighted by Crippen LogP contribution is 2.24. The molecule has 0 fully saturated rings. The van der Waals surface area contributed by atoms with E-state index < -0.39 is 17.5 Å². The predicted molar refractivity (Wildman–Crippen MR) is 76.8 cm³/mol. The summed E-state index contributed by atoms with van der Waals surface area (Å²) >= 11 is 0. The van der Waals surface area contributed by atoms with Crippen LogP contribution in [0.5, 0.6) is 5.75 Å². The first-order valence-corrected chi connectivity index (χ1v) is 6.40. The van der Waals surface area contributed by atoms with Crippen LogP contribution in [0.2, 0.25) is 0 Å². The largest absolute Gasteiger partial charge is 0.497 e. The molecule has 0 radical (unpaired) electrons. The van der Waals surface area contributed by atoms with Crippen LogP contribution in [0, 0.1) is 24.1 Å². The minimum Gasteiger partial charge on any atom is -0.497 e. The molecule has 0 aliphatic rings. The van der Waals surface area contributed by atoms with Crippen molar-refractivity contribution in [3.05, 3.63) is 65.0 Å². The van der Waals surface area contributed by atoms with Crippen LogP contribution in [0.25, 0.3) is 0 Å². The number of ether oxygens (including phenoxy) is 1. The zero-order valence-corrected chi connectivity index (χ0v) is 11.8. The number of hydrogen-bond donors (Lipinski definition) is 0. The fourth-order valence-corrected chi connectivity index (χ4v) is 2.06. The molecule has 0 N–H and O–H groups in total. The summed E-state index contributed by atoms with van der Waals surface area (Å²) in [7, 11) is 1.53. The Morgan fingerprint density at radius 3 is 2.43 bits per heavy atom. The molecular formula is C17H14FNO2. The third-order valence-corrected chi connectivity index (χ3v) is 3.23. The monoisotopic (exact) mass is 283 g/mol. The number of ketones is 1. The van der Waals surface area contributed by atoms with E-state index >= 15 is 0 Å². The van der Waals surface area contributed by atoms with Gasteiger partial charge in [-0.1, -0.05) is 18.2 Å². The van der Waals surface area contributed by atoms with E-state index in [1.54, 1.807) is 37.3 Å². The normalized spacial score (nSPS) is 11.5. The van der Waals surface area contributed by atoms with E-state index in [-0.39, 0.29) is 5.56 Å². The molecule has 106 valence electrons. The van der Waals surface area contributed by atoms with E-state index in [1.807, 2.05) is 6.07 Å². The molecule has 0 saturated carbocycles. The van der Waals surface area contributed by atoms with Crippen molar-refractivity contribution < 1.29 is 13.9 Å². The van der Waals surface area contributed by atoms with Crippen molar-refractivity contribution in [2.45, 2.75) is 12.8 Å². The molecule has 2 aromatic rings. The summed E-state index contributed by atoms with van der Waals surface area (Å²) in [4.78, 5) is 12.4. The van der Waals surface area contributed by atoms with Gasteiger partial charge in [0.25, 0.3) is 0 Å². The van der Waals surface area contributed by atoms with Gasteiger partial charge in [0.1, 0.15) is 17.5 Å². The molecule has 0 amide bonds. The van der Waals surface area contributed by atoms with Gasteiger partial charge >= 0.3 is 0 Å². The number of nitrogens with zero attached hydrogens (tertiary/aromatic N) is 1. The van der Waals surface area contributed by atoms with E-state index in [2.05, 4.69) is 0 Å². The number of carbonyl (C=O) groups is 1. The SMILES string of the molecule is COc1ccc(C(C#N)C(=O)c2ccc(C)cc2F)cc1. The maximum Gasteiger partial charge on any atom is 0.187 e. The van der Waals surface area contributed by atoms with Gasteiger partial charge in [0, 0.05) is 0 Å². The van der Waals surface area contributed by atoms with Crippen LogP contribution < -0.4 is 4.74 Å². The first-order valence-electron chi connectivity index (χ1n) is 6.40. The standard InChI is InChI=1S/C17H14FNO2/c1-11-3-8-14(16(18)9-11)17(20)15(10-19)12-4-6-13(21-2)7-5-12/h3-9,15H,1-2H3. The van der Waals surface area contributed by atoms with E-state index in [4.69, 9.17) is 4.74 Å². The van der Waals surface area contributed by atoms with Crippen LogP contribution in [0.3, 0.4) is 0 Å². The zero-order valence-electron chi connectivity index (χ0n) is 11.8. The quantitative estimate of drug-likeness (QED) is 0.805. The van der Waals surface area contributed by atoms with Crippen LogP contribution in [-0.2, 0) is 0 Å². The molecule has 21 heavy (non-hydrogen) atoms. The topological polar surface area (TPSA) is 50.1 Å². The summed E-state index contributed by atoms with van der Waals surface area (Å²) in [5.74, 6) is -1.55. The fourth-order valence-electron chi connectivity index (χ4n) is 2.06. The van der Waals surface area contributed by atoms with Crippen molar-refractivity contribution in [1.29, 1.82) is 5.26 Å². The molecule has 0 spiro atoms. The smallest absolute Gasteiger partial charge is 0.187 e. The Morgan fingerprint density at radius 1 is 1.24 bits per heavy atom. The summed E-state index contributed by atoms with van der Waals surface area (Å²) in [6.45, 7) is 1.74. The Balaban J connectivity index is 2.36. The molecule has 0 aliphatic heterocycles. The highest BCUT2D eigenvalue weighted by Gasteiger charge is 2.24. The number of methoxy groups -OCH3 is 1. The van der Waals surface area contributed by atoms with Gasteiger partial charge in [-0.05, 0) is 42.3 Å². The summed E-state index contributed by atoms with van der Waals surface area (Å²) in [5, 5.41) is 9.26. The van der Waals surface area contributed by atoms with Gasteiger partial charge in [-0.25, -0.2) is 4.39 Å². The molecule has 4 heteroatoms. The molecule has 0 aliphatic carbocycles. The van der Waals surface area contributed by atoms with Crippen molar-refractivity contribution in [2.24, 2.45) is 0 Å². The average Bonchev–Trinajstić information content (AvgIpc) is 2.48. The number of hydrogen-bond acceptors (Lipinski definition) is 3. The lowest BCUT2D eigenvalue weighted by atomic mass is 9.91. The number of halogens is 1. The molecule has 2 aromatic carbocycles. The molecule has 0 saturated heterocycles. The molecule has 0 aromatic heterocycles. The van der Waals surface area contributed by atoms with Gasteiger partial charge in [0.2, 0.25) is 0 Å². The summed E-state index contributed by atoms with van der Waals surface area (Å²) in [6.07, 6.45) is 0. The van der Waals surface area contributed by atoms with Crippen molar-refractivity contribution in [3.63, 3.8) is 0 Å². The van der Waals surface area contributed by atoms with Gasteiger partial charge in [0.15, 0.2) is 5.78 Å². The first-order chi connectivity index (χ1) is 10.1. The molecule has 1 atom stereocenters. The second-order valence-electron chi connectivity index (χ2n) is 4.68. The predicted octanol–water partition coefficient (Wildman–Crippen LogP) is 3.63. The number of aryl methyl sites for hydroxylation is 1. The molecule has 0 heterocycles. The van der Waals surface area contributed by atoms with Crippen LogP contribution in [0.1, 0.15) is 27.4 Å². The maximum atomic E-state index is 13.9. The third-order valence-electron chi connectivity index (χ3n) is 3.23. The van der Waals surface area contributed by atoms with Crippen molar-refractivity contribution >= 4 is 5.78 Å². The lowest BCUT2D eigenvalue weighted by molar-refractivity contribution is 0.0975. The number of carbonyl (C=O) groups excluding carboxylic acids is 1. The van der Waals surface area contributed by atoms with Gasteiger partial charge in [0.05, 0.1) is 18.7 Å². The minimum absolute atomic E-state index is 0.0667. The molecule has 0 bridgehead atoms. The molecule has 2 rings (SSSR count). The van der Waals surface area contributed by atoms with Crippen LogP contribution in [0.4, 0.5) is 4.39 Å². The van der Waals surface area contributed by atoms with Crippen molar-refractivity contribution in [3.8, 4) is 11.8 Å². The summed E-state index contributed by atoms with van der Waals surface area (Å²) in [6, 6.07) is 12.9. The van der Waals surface area contributed by atoms with E-state index in [0.29, 0.717) is 11.3 Å². The Hall–Kier alpha value is -2.67. The summed E-state index contributed by atoms with van der Waals surface area (Å²) in [5.41, 5.74) is 1.17. The van der Waals surface area contributed by atoms with E-state index in [0.717, 1.165) is 5.56 Å². The van der Waals surface area contributed by atoms with Crippen molar-refractivity contribution in [1.82, 2.24) is 0 Å². The molecular weight excluding hydrogens is 269 g/mol. The first kappa shape index (κ1) is 14.7. The number of rotatable bonds is 4. The highest BCUT2D eigenvalue weighted by atomic mass is 19.1. The fraction of sp³-hybridized carbons (Fsp3) is 0.176. The highest BCUT2D eigenvalue weighted by molar-refractivity contribution is 6.03. The number of nitriles is 1. The average molecular weight is 283 g/mol. The Kier molecular flexibility index (Phi) is 4.34. The van der Waals surface area contributed by atoms with Crippen LogP contribution in [-0.4, -0.2) is 12.9 Å². The van der Waals surface area contributed by atoms with Crippen molar-refractivity contribution in [2.75, 3.05) is 7.11 Å². The van der Waals surface area contributed by atoms with E-state index in [1.165, 1.54) is 19.2 Å². The minimum atomic E-state index is -1.03.